The Morgan fingerprint density at radius 1 is 1.60 bits per heavy atom. The molecule has 2 heteroatoms. The number of hydrogen-bond donors (Lipinski definition) is 1. The highest BCUT2D eigenvalue weighted by Crippen LogP contribution is 2.01. The predicted octanol–water partition coefficient (Wildman–Crippen LogP) is 2.06. The lowest BCUT2D eigenvalue weighted by atomic mass is 10.2. The molecule has 60 valence electrons. The summed E-state index contributed by atoms with van der Waals surface area (Å²) in [6.07, 6.45) is 2.53. The van der Waals surface area contributed by atoms with Gasteiger partial charge in [0.05, 0.1) is 6.10 Å². The van der Waals surface area contributed by atoms with Crippen LogP contribution in [0.3, 0.4) is 0 Å². The monoisotopic (exact) mass is 146 g/mol. The highest BCUT2D eigenvalue weighted by atomic mass is 19.1. The number of allylic oxidation sites excluding steroid dienone is 2. The third kappa shape index (κ3) is 5.76. The van der Waals surface area contributed by atoms with Crippen LogP contribution in [-0.2, 0) is 0 Å². The lowest BCUT2D eigenvalue weighted by Gasteiger charge is -2.01. The third-order valence-corrected chi connectivity index (χ3v) is 1.23. The first-order chi connectivity index (χ1) is 4.66. The lowest BCUT2D eigenvalue weighted by Crippen LogP contribution is -2.07. The van der Waals surface area contributed by atoms with Gasteiger partial charge in [-0.25, -0.2) is 4.39 Å². The minimum absolute atomic E-state index is 0.529. The Balaban J connectivity index is 3.28. The summed E-state index contributed by atoms with van der Waals surface area (Å²) < 4.78 is 11.6. The Kier molecular flexibility index (Phi) is 5.22. The minimum atomic E-state index is -0.768. The van der Waals surface area contributed by atoms with Crippen LogP contribution in [0.15, 0.2) is 11.6 Å². The van der Waals surface area contributed by atoms with Crippen LogP contribution in [-0.4, -0.2) is 17.9 Å². The molecule has 10 heavy (non-hydrogen) atoms. The second kappa shape index (κ2) is 5.42. The second-order valence-corrected chi connectivity index (χ2v) is 2.67. The zero-order chi connectivity index (χ0) is 7.98. The minimum Gasteiger partial charge on any atom is -0.390 e. The number of hydrogen-bond acceptors (Lipinski definition) is 1. The van der Waals surface area contributed by atoms with Gasteiger partial charge in [-0.15, -0.1) is 0 Å². The molecule has 0 unspecified atom stereocenters. The van der Waals surface area contributed by atoms with E-state index < -0.39 is 12.8 Å². The van der Waals surface area contributed by atoms with Crippen molar-refractivity contribution in [2.45, 2.75) is 32.8 Å². The van der Waals surface area contributed by atoms with Crippen molar-refractivity contribution in [2.75, 3.05) is 6.67 Å². The van der Waals surface area contributed by atoms with Gasteiger partial charge in [0.25, 0.3) is 0 Å². The average Bonchev–Trinajstić information content (AvgIpc) is 1.87. The first kappa shape index (κ1) is 9.63. The van der Waals surface area contributed by atoms with Crippen molar-refractivity contribution in [1.29, 1.82) is 0 Å². The van der Waals surface area contributed by atoms with Gasteiger partial charge in [-0.1, -0.05) is 11.6 Å². The maximum atomic E-state index is 11.6. The number of alkyl halides is 1. The number of aliphatic hydroxyl groups excluding tert-OH is 1. The Hall–Kier alpha value is -0.370. The third-order valence-electron chi connectivity index (χ3n) is 1.23. The molecular formula is C8H15FO. The zero-order valence-electron chi connectivity index (χ0n) is 6.60. The van der Waals surface area contributed by atoms with Gasteiger partial charge < -0.3 is 5.11 Å². The fraction of sp³-hybridized carbons (Fsp3) is 0.750. The molecule has 0 saturated carbocycles. The topological polar surface area (TPSA) is 20.2 Å². The molecule has 0 aliphatic rings. The highest BCUT2D eigenvalue weighted by Gasteiger charge is 1.99. The van der Waals surface area contributed by atoms with Gasteiger partial charge >= 0.3 is 0 Å². The number of halogens is 1. The SMILES string of the molecule is CC(C)=CCC[C@H](O)CF. The normalized spacial score (nSPS) is 12.8. The summed E-state index contributed by atoms with van der Waals surface area (Å²) >= 11 is 0. The van der Waals surface area contributed by atoms with E-state index in [9.17, 15) is 4.39 Å². The van der Waals surface area contributed by atoms with Crippen molar-refractivity contribution in [2.24, 2.45) is 0 Å². The molecule has 0 aromatic carbocycles. The summed E-state index contributed by atoms with van der Waals surface area (Å²) in [6, 6.07) is 0. The molecule has 0 aliphatic carbocycles. The maximum absolute atomic E-state index is 11.6. The molecule has 0 aromatic rings. The average molecular weight is 146 g/mol. The van der Waals surface area contributed by atoms with Crippen molar-refractivity contribution in [3.63, 3.8) is 0 Å². The summed E-state index contributed by atoms with van der Waals surface area (Å²) in [6.45, 7) is 3.35. The number of aliphatic hydroxyl groups is 1. The van der Waals surface area contributed by atoms with E-state index in [1.165, 1.54) is 5.57 Å². The molecule has 0 spiro atoms. The second-order valence-electron chi connectivity index (χ2n) is 2.67. The largest absolute Gasteiger partial charge is 0.390 e. The van der Waals surface area contributed by atoms with Crippen LogP contribution in [0, 0.1) is 0 Å². The highest BCUT2D eigenvalue weighted by molar-refractivity contribution is 4.92. The number of rotatable bonds is 4. The van der Waals surface area contributed by atoms with Crippen LogP contribution in [0.5, 0.6) is 0 Å². The van der Waals surface area contributed by atoms with E-state index in [4.69, 9.17) is 5.11 Å². The molecule has 0 heterocycles. The standard InChI is InChI=1S/C8H15FO/c1-7(2)4-3-5-8(10)6-9/h4,8,10H,3,5-6H2,1-2H3/t8-/m0/s1. The van der Waals surface area contributed by atoms with Gasteiger partial charge in [-0.05, 0) is 26.7 Å². The molecule has 0 aromatic heterocycles. The molecule has 0 fully saturated rings. The van der Waals surface area contributed by atoms with E-state index in [-0.39, 0.29) is 0 Å². The van der Waals surface area contributed by atoms with Crippen molar-refractivity contribution >= 4 is 0 Å². The molecule has 0 radical (unpaired) electrons. The fourth-order valence-electron chi connectivity index (χ4n) is 0.642. The van der Waals surface area contributed by atoms with Crippen molar-refractivity contribution in [3.8, 4) is 0 Å². The van der Waals surface area contributed by atoms with E-state index in [0.29, 0.717) is 6.42 Å². The quantitative estimate of drug-likeness (QED) is 0.602. The molecule has 1 N–H and O–H groups in total. The molecular weight excluding hydrogens is 131 g/mol. The lowest BCUT2D eigenvalue weighted by molar-refractivity contribution is 0.132. The Morgan fingerprint density at radius 3 is 2.60 bits per heavy atom. The Labute approximate surface area is 61.6 Å². The molecule has 0 saturated heterocycles. The molecule has 0 amide bonds. The van der Waals surface area contributed by atoms with Gasteiger partial charge in [0, 0.05) is 0 Å². The van der Waals surface area contributed by atoms with Crippen LogP contribution in [0.4, 0.5) is 4.39 Å². The molecule has 0 aliphatic heterocycles. The Morgan fingerprint density at radius 2 is 2.20 bits per heavy atom. The van der Waals surface area contributed by atoms with Crippen LogP contribution in [0.1, 0.15) is 26.7 Å². The van der Waals surface area contributed by atoms with Gasteiger partial charge in [-0.2, -0.15) is 0 Å². The van der Waals surface area contributed by atoms with E-state index in [0.717, 1.165) is 6.42 Å². The summed E-state index contributed by atoms with van der Waals surface area (Å²) in [5.74, 6) is 0. The van der Waals surface area contributed by atoms with E-state index in [1.54, 1.807) is 0 Å². The van der Waals surface area contributed by atoms with Crippen molar-refractivity contribution in [3.05, 3.63) is 11.6 Å². The Bertz CT molecular complexity index is 106. The van der Waals surface area contributed by atoms with Crippen molar-refractivity contribution in [1.82, 2.24) is 0 Å². The fourth-order valence-corrected chi connectivity index (χ4v) is 0.642. The summed E-state index contributed by atoms with van der Waals surface area (Å²) in [4.78, 5) is 0. The zero-order valence-corrected chi connectivity index (χ0v) is 6.60. The van der Waals surface area contributed by atoms with Gasteiger partial charge in [0.15, 0.2) is 0 Å². The molecule has 0 bridgehead atoms. The summed E-state index contributed by atoms with van der Waals surface area (Å²) in [7, 11) is 0. The molecule has 1 atom stereocenters. The first-order valence-electron chi connectivity index (χ1n) is 3.54. The predicted molar refractivity (Wildman–Crippen MR) is 40.6 cm³/mol. The van der Waals surface area contributed by atoms with Gasteiger partial charge in [0.1, 0.15) is 6.67 Å². The molecule has 0 rings (SSSR count). The van der Waals surface area contributed by atoms with Crippen LogP contribution >= 0.6 is 0 Å². The maximum Gasteiger partial charge on any atom is 0.115 e. The van der Waals surface area contributed by atoms with E-state index in [1.807, 2.05) is 19.9 Å². The van der Waals surface area contributed by atoms with E-state index >= 15 is 0 Å². The van der Waals surface area contributed by atoms with Gasteiger partial charge in [0.2, 0.25) is 0 Å². The first-order valence-corrected chi connectivity index (χ1v) is 3.54. The van der Waals surface area contributed by atoms with Crippen LogP contribution in [0.25, 0.3) is 0 Å². The molecule has 1 nitrogen and oxygen atoms in total. The van der Waals surface area contributed by atoms with E-state index in [2.05, 4.69) is 0 Å². The smallest absolute Gasteiger partial charge is 0.115 e. The van der Waals surface area contributed by atoms with Crippen LogP contribution < -0.4 is 0 Å². The summed E-state index contributed by atoms with van der Waals surface area (Å²) in [5, 5.41) is 8.77. The van der Waals surface area contributed by atoms with Crippen molar-refractivity contribution < 1.29 is 9.50 Å². The van der Waals surface area contributed by atoms with Gasteiger partial charge in [-0.3, -0.25) is 0 Å². The van der Waals surface area contributed by atoms with Crippen LogP contribution in [0.2, 0.25) is 0 Å². The summed E-state index contributed by atoms with van der Waals surface area (Å²) in [5.41, 5.74) is 1.21.